The van der Waals surface area contributed by atoms with Crippen molar-refractivity contribution in [3.8, 4) is 0 Å². The van der Waals surface area contributed by atoms with E-state index in [2.05, 4.69) is 5.10 Å². The minimum atomic E-state index is -0.0488. The van der Waals surface area contributed by atoms with E-state index in [-0.39, 0.29) is 17.8 Å². The summed E-state index contributed by atoms with van der Waals surface area (Å²) >= 11 is 0. The first-order valence-corrected chi connectivity index (χ1v) is 9.17. The molecule has 26 heavy (non-hydrogen) atoms. The highest BCUT2D eigenvalue weighted by Crippen LogP contribution is 2.12. The van der Waals surface area contributed by atoms with E-state index in [1.807, 2.05) is 52.2 Å². The summed E-state index contributed by atoms with van der Waals surface area (Å²) in [5, 5.41) is 4.20. The Hall–Kier alpha value is -2.47. The average molecular weight is 355 g/mol. The van der Waals surface area contributed by atoms with Gasteiger partial charge in [0.2, 0.25) is 5.91 Å². The molecule has 138 valence electrons. The van der Waals surface area contributed by atoms with E-state index in [1.165, 1.54) is 0 Å². The summed E-state index contributed by atoms with van der Waals surface area (Å²) < 4.78 is 7.68. The normalized spacial score (nSPS) is 17.7. The van der Waals surface area contributed by atoms with E-state index < -0.39 is 0 Å². The summed E-state index contributed by atoms with van der Waals surface area (Å²) in [6, 6.07) is 11.1. The highest BCUT2D eigenvalue weighted by molar-refractivity contribution is 5.96. The van der Waals surface area contributed by atoms with Crippen LogP contribution in [-0.2, 0) is 16.1 Å². The molecule has 0 aliphatic carbocycles. The van der Waals surface area contributed by atoms with Crippen molar-refractivity contribution < 1.29 is 14.3 Å². The van der Waals surface area contributed by atoms with Crippen LogP contribution in [0.3, 0.4) is 0 Å². The van der Waals surface area contributed by atoms with Crippen LogP contribution in [0.25, 0.3) is 0 Å². The SMILES string of the molecule is O=C(CCCC(=O)N1CCCO[C@H](Cn2cccn2)C1)c1ccccc1. The van der Waals surface area contributed by atoms with Gasteiger partial charge in [-0.2, -0.15) is 5.10 Å². The van der Waals surface area contributed by atoms with Gasteiger partial charge in [-0.15, -0.1) is 0 Å². The second kappa shape index (κ2) is 9.29. The number of ether oxygens (including phenoxy) is 1. The van der Waals surface area contributed by atoms with Gasteiger partial charge in [0.15, 0.2) is 5.78 Å². The summed E-state index contributed by atoms with van der Waals surface area (Å²) in [5.74, 6) is 0.191. The van der Waals surface area contributed by atoms with Gasteiger partial charge in [-0.05, 0) is 18.9 Å². The third kappa shape index (κ3) is 5.26. The van der Waals surface area contributed by atoms with E-state index in [0.29, 0.717) is 51.1 Å². The Kier molecular flexibility index (Phi) is 6.55. The lowest BCUT2D eigenvalue weighted by molar-refractivity contribution is -0.132. The molecule has 2 aromatic rings. The number of amides is 1. The van der Waals surface area contributed by atoms with Crippen LogP contribution in [0.2, 0.25) is 0 Å². The van der Waals surface area contributed by atoms with Crippen LogP contribution >= 0.6 is 0 Å². The molecular weight excluding hydrogens is 330 g/mol. The molecule has 6 nitrogen and oxygen atoms in total. The maximum atomic E-state index is 12.6. The summed E-state index contributed by atoms with van der Waals surface area (Å²) in [4.78, 5) is 26.6. The first-order valence-electron chi connectivity index (χ1n) is 9.17. The number of aromatic nitrogens is 2. The van der Waals surface area contributed by atoms with Crippen LogP contribution in [0.1, 0.15) is 36.0 Å². The molecule has 1 fully saturated rings. The summed E-state index contributed by atoms with van der Waals surface area (Å²) in [5.41, 5.74) is 0.711. The molecule has 2 heterocycles. The van der Waals surface area contributed by atoms with Crippen molar-refractivity contribution in [1.82, 2.24) is 14.7 Å². The lowest BCUT2D eigenvalue weighted by atomic mass is 10.1. The molecule has 0 spiro atoms. The van der Waals surface area contributed by atoms with Gasteiger partial charge in [0.25, 0.3) is 0 Å². The fourth-order valence-electron chi connectivity index (χ4n) is 3.18. The minimum absolute atomic E-state index is 0.0488. The van der Waals surface area contributed by atoms with Crippen molar-refractivity contribution in [1.29, 1.82) is 0 Å². The highest BCUT2D eigenvalue weighted by atomic mass is 16.5. The van der Waals surface area contributed by atoms with Crippen molar-refractivity contribution in [3.05, 3.63) is 54.4 Å². The molecule has 1 amide bonds. The fourth-order valence-corrected chi connectivity index (χ4v) is 3.18. The molecule has 0 N–H and O–H groups in total. The summed E-state index contributed by atoms with van der Waals surface area (Å²) in [7, 11) is 0. The average Bonchev–Trinajstić information content (AvgIpc) is 3.06. The lowest BCUT2D eigenvalue weighted by Crippen LogP contribution is -2.38. The summed E-state index contributed by atoms with van der Waals surface area (Å²) in [6.45, 7) is 2.58. The van der Waals surface area contributed by atoms with E-state index in [9.17, 15) is 9.59 Å². The zero-order valence-electron chi connectivity index (χ0n) is 14.9. The first kappa shape index (κ1) is 18.3. The number of nitrogens with zero attached hydrogens (tertiary/aromatic N) is 3. The lowest BCUT2D eigenvalue weighted by Gasteiger charge is -2.24. The number of carbonyl (C=O) groups excluding carboxylic acids is 2. The largest absolute Gasteiger partial charge is 0.374 e. The molecule has 1 aliphatic rings. The first-order chi connectivity index (χ1) is 12.7. The molecule has 1 aromatic carbocycles. The van der Waals surface area contributed by atoms with Crippen LogP contribution < -0.4 is 0 Å². The summed E-state index contributed by atoms with van der Waals surface area (Å²) in [6.07, 6.45) is 5.80. The Balaban J connectivity index is 1.46. The van der Waals surface area contributed by atoms with Crippen LogP contribution in [0.15, 0.2) is 48.8 Å². The van der Waals surface area contributed by atoms with Crippen LogP contribution in [-0.4, -0.2) is 52.2 Å². The van der Waals surface area contributed by atoms with Crippen molar-refractivity contribution in [2.24, 2.45) is 0 Å². The van der Waals surface area contributed by atoms with Gasteiger partial charge in [-0.3, -0.25) is 14.3 Å². The minimum Gasteiger partial charge on any atom is -0.374 e. The molecule has 3 rings (SSSR count). The Morgan fingerprint density at radius 3 is 2.77 bits per heavy atom. The predicted molar refractivity (Wildman–Crippen MR) is 97.8 cm³/mol. The second-order valence-corrected chi connectivity index (χ2v) is 6.56. The van der Waals surface area contributed by atoms with E-state index in [1.54, 1.807) is 6.20 Å². The van der Waals surface area contributed by atoms with Crippen molar-refractivity contribution in [3.63, 3.8) is 0 Å². The van der Waals surface area contributed by atoms with Gasteiger partial charge in [0, 0.05) is 50.5 Å². The molecular formula is C20H25N3O3. The molecule has 0 bridgehead atoms. The molecule has 0 saturated carbocycles. The predicted octanol–water partition coefficient (Wildman–Crippen LogP) is 2.55. The Labute approximate surface area is 153 Å². The highest BCUT2D eigenvalue weighted by Gasteiger charge is 2.23. The van der Waals surface area contributed by atoms with E-state index in [0.717, 1.165) is 6.42 Å². The Morgan fingerprint density at radius 1 is 1.15 bits per heavy atom. The molecule has 1 aromatic heterocycles. The third-order valence-corrected chi connectivity index (χ3v) is 4.54. The van der Waals surface area contributed by atoms with Crippen LogP contribution in [0.4, 0.5) is 0 Å². The Bertz CT molecular complexity index is 700. The topological polar surface area (TPSA) is 64.4 Å². The van der Waals surface area contributed by atoms with Crippen LogP contribution in [0.5, 0.6) is 0 Å². The molecule has 1 atom stereocenters. The van der Waals surface area contributed by atoms with Crippen molar-refractivity contribution >= 4 is 11.7 Å². The molecule has 0 unspecified atom stereocenters. The maximum Gasteiger partial charge on any atom is 0.222 e. The standard InChI is InChI=1S/C20H25N3O3/c24-19(17-7-2-1-3-8-17)9-4-10-20(25)22-12-6-14-26-18(15-22)16-23-13-5-11-21-23/h1-3,5,7-8,11,13,18H,4,6,9-10,12,14-16H2/t18-/m0/s1. The van der Waals surface area contributed by atoms with Gasteiger partial charge >= 0.3 is 0 Å². The number of rotatable bonds is 7. The number of carbonyl (C=O) groups is 2. The number of hydrogen-bond acceptors (Lipinski definition) is 4. The number of benzene rings is 1. The fraction of sp³-hybridized carbons (Fsp3) is 0.450. The van der Waals surface area contributed by atoms with Gasteiger partial charge in [0.1, 0.15) is 0 Å². The Morgan fingerprint density at radius 2 is 2.00 bits per heavy atom. The quantitative estimate of drug-likeness (QED) is 0.716. The van der Waals surface area contributed by atoms with Crippen LogP contribution in [0, 0.1) is 0 Å². The number of Topliss-reactive ketones (excluding diaryl/α,β-unsaturated/α-hetero) is 1. The maximum absolute atomic E-state index is 12.6. The zero-order valence-corrected chi connectivity index (χ0v) is 14.9. The molecule has 1 aliphatic heterocycles. The monoisotopic (exact) mass is 355 g/mol. The molecule has 0 radical (unpaired) electrons. The molecule has 1 saturated heterocycles. The van der Waals surface area contributed by atoms with E-state index >= 15 is 0 Å². The number of hydrogen-bond donors (Lipinski definition) is 0. The van der Waals surface area contributed by atoms with Gasteiger partial charge < -0.3 is 9.64 Å². The smallest absolute Gasteiger partial charge is 0.222 e. The zero-order chi connectivity index (χ0) is 18.2. The van der Waals surface area contributed by atoms with Gasteiger partial charge in [0.05, 0.1) is 12.6 Å². The van der Waals surface area contributed by atoms with Gasteiger partial charge in [-0.25, -0.2) is 0 Å². The third-order valence-electron chi connectivity index (χ3n) is 4.54. The van der Waals surface area contributed by atoms with Crippen molar-refractivity contribution in [2.75, 3.05) is 19.7 Å². The van der Waals surface area contributed by atoms with E-state index in [4.69, 9.17) is 4.74 Å². The molecule has 6 heteroatoms. The van der Waals surface area contributed by atoms with Crippen molar-refractivity contribution in [2.45, 2.75) is 38.3 Å². The number of ketones is 1. The second-order valence-electron chi connectivity index (χ2n) is 6.56. The van der Waals surface area contributed by atoms with Gasteiger partial charge in [-0.1, -0.05) is 30.3 Å².